The number of amides is 2. The maximum Gasteiger partial charge on any atom is 0.358 e. The highest BCUT2D eigenvalue weighted by atomic mass is 16.5. The predicted octanol–water partition coefficient (Wildman–Crippen LogP) is -0.545. The van der Waals surface area contributed by atoms with Gasteiger partial charge in [-0.25, -0.2) is 14.3 Å². The number of rotatable bonds is 5. The molecule has 3 N–H and O–H groups in total. The third kappa shape index (κ3) is 4.19. The van der Waals surface area contributed by atoms with Crippen molar-refractivity contribution in [2.75, 3.05) is 19.8 Å². The lowest BCUT2D eigenvalue weighted by Crippen LogP contribution is -2.45. The Balaban J connectivity index is 1.66. The summed E-state index contributed by atoms with van der Waals surface area (Å²) in [6.07, 6.45) is 2.96. The molecule has 0 spiro atoms. The third-order valence-electron chi connectivity index (χ3n) is 2.94. The SMILES string of the molecule is O=C(NCCn1cc(C(=O)O)nn1)NC1CCOCC1. The van der Waals surface area contributed by atoms with Gasteiger partial charge in [0.1, 0.15) is 0 Å². The lowest BCUT2D eigenvalue weighted by atomic mass is 10.1. The van der Waals surface area contributed by atoms with Crippen LogP contribution in [0, 0.1) is 0 Å². The molecule has 1 saturated heterocycles. The number of carboxylic acid groups (broad SMARTS) is 1. The smallest absolute Gasteiger partial charge is 0.358 e. The zero-order valence-electron chi connectivity index (χ0n) is 10.9. The Morgan fingerprint density at radius 1 is 1.45 bits per heavy atom. The fourth-order valence-corrected chi connectivity index (χ4v) is 1.87. The molecule has 0 aliphatic carbocycles. The molecule has 1 fully saturated rings. The van der Waals surface area contributed by atoms with Crippen LogP contribution < -0.4 is 10.6 Å². The number of carbonyl (C=O) groups excluding carboxylic acids is 1. The molecule has 1 aliphatic rings. The molecule has 2 heterocycles. The van der Waals surface area contributed by atoms with Crippen LogP contribution in [-0.2, 0) is 11.3 Å². The van der Waals surface area contributed by atoms with Crippen molar-refractivity contribution in [3.63, 3.8) is 0 Å². The van der Waals surface area contributed by atoms with Crippen LogP contribution in [0.3, 0.4) is 0 Å². The second-order valence-corrected chi connectivity index (χ2v) is 4.46. The van der Waals surface area contributed by atoms with Crippen LogP contribution in [0.15, 0.2) is 6.20 Å². The van der Waals surface area contributed by atoms with Gasteiger partial charge in [-0.1, -0.05) is 5.21 Å². The van der Waals surface area contributed by atoms with Crippen LogP contribution >= 0.6 is 0 Å². The lowest BCUT2D eigenvalue weighted by Gasteiger charge is -2.23. The minimum Gasteiger partial charge on any atom is -0.476 e. The Hall–Kier alpha value is -2.16. The summed E-state index contributed by atoms with van der Waals surface area (Å²) < 4.78 is 6.58. The number of carbonyl (C=O) groups is 2. The number of ether oxygens (including phenoxy) is 1. The zero-order valence-corrected chi connectivity index (χ0v) is 10.9. The summed E-state index contributed by atoms with van der Waals surface area (Å²) in [4.78, 5) is 22.2. The first-order chi connectivity index (χ1) is 9.65. The summed E-state index contributed by atoms with van der Waals surface area (Å²) in [6, 6.07) is -0.0933. The highest BCUT2D eigenvalue weighted by Gasteiger charge is 2.15. The first kappa shape index (κ1) is 14.3. The van der Waals surface area contributed by atoms with Crippen molar-refractivity contribution < 1.29 is 19.4 Å². The largest absolute Gasteiger partial charge is 0.476 e. The highest BCUT2D eigenvalue weighted by Crippen LogP contribution is 2.05. The van der Waals surface area contributed by atoms with E-state index in [2.05, 4.69) is 20.9 Å². The van der Waals surface area contributed by atoms with Gasteiger partial charge in [-0.05, 0) is 12.8 Å². The van der Waals surface area contributed by atoms with Crippen molar-refractivity contribution in [2.45, 2.75) is 25.4 Å². The highest BCUT2D eigenvalue weighted by molar-refractivity contribution is 5.84. The van der Waals surface area contributed by atoms with Gasteiger partial charge >= 0.3 is 12.0 Å². The van der Waals surface area contributed by atoms with Gasteiger partial charge in [0, 0.05) is 25.8 Å². The average molecular weight is 283 g/mol. The Morgan fingerprint density at radius 2 is 2.20 bits per heavy atom. The van der Waals surface area contributed by atoms with E-state index >= 15 is 0 Å². The molecule has 0 radical (unpaired) electrons. The molecule has 2 rings (SSSR count). The van der Waals surface area contributed by atoms with Gasteiger partial charge in [0.25, 0.3) is 0 Å². The molecule has 9 heteroatoms. The number of nitrogens with one attached hydrogen (secondary N) is 2. The molecule has 0 aromatic carbocycles. The zero-order chi connectivity index (χ0) is 14.4. The van der Waals surface area contributed by atoms with Crippen molar-refractivity contribution in [3.05, 3.63) is 11.9 Å². The summed E-state index contributed by atoms with van der Waals surface area (Å²) in [5.41, 5.74) is -0.114. The van der Waals surface area contributed by atoms with E-state index in [0.717, 1.165) is 12.8 Å². The second-order valence-electron chi connectivity index (χ2n) is 4.46. The van der Waals surface area contributed by atoms with Gasteiger partial charge in [-0.2, -0.15) is 0 Å². The molecule has 1 aliphatic heterocycles. The number of hydrogen-bond donors (Lipinski definition) is 3. The number of carboxylic acids is 1. The molecule has 110 valence electrons. The second kappa shape index (κ2) is 6.85. The molecule has 0 unspecified atom stereocenters. The van der Waals surface area contributed by atoms with Gasteiger partial charge in [-0.15, -0.1) is 5.10 Å². The minimum absolute atomic E-state index is 0.114. The summed E-state index contributed by atoms with van der Waals surface area (Å²) in [6.45, 7) is 2.04. The monoisotopic (exact) mass is 283 g/mol. The van der Waals surface area contributed by atoms with Crippen LogP contribution in [0.25, 0.3) is 0 Å². The Bertz CT molecular complexity index is 469. The topological polar surface area (TPSA) is 118 Å². The van der Waals surface area contributed by atoms with Gasteiger partial charge in [0.15, 0.2) is 5.69 Å². The van der Waals surface area contributed by atoms with E-state index in [9.17, 15) is 9.59 Å². The fourth-order valence-electron chi connectivity index (χ4n) is 1.87. The first-order valence-corrected chi connectivity index (χ1v) is 6.40. The third-order valence-corrected chi connectivity index (χ3v) is 2.94. The van der Waals surface area contributed by atoms with Crippen LogP contribution in [0.5, 0.6) is 0 Å². The van der Waals surface area contributed by atoms with E-state index in [1.54, 1.807) is 0 Å². The van der Waals surface area contributed by atoms with E-state index in [0.29, 0.717) is 26.3 Å². The number of hydrogen-bond acceptors (Lipinski definition) is 5. The maximum atomic E-state index is 11.6. The average Bonchev–Trinajstić information content (AvgIpc) is 2.89. The molecule has 9 nitrogen and oxygen atoms in total. The van der Waals surface area contributed by atoms with E-state index in [1.165, 1.54) is 10.9 Å². The fraction of sp³-hybridized carbons (Fsp3) is 0.636. The van der Waals surface area contributed by atoms with Crippen molar-refractivity contribution in [1.82, 2.24) is 25.6 Å². The van der Waals surface area contributed by atoms with E-state index in [1.807, 2.05) is 0 Å². The van der Waals surface area contributed by atoms with Gasteiger partial charge < -0.3 is 20.5 Å². The van der Waals surface area contributed by atoms with Gasteiger partial charge in [-0.3, -0.25) is 0 Å². The van der Waals surface area contributed by atoms with E-state index in [4.69, 9.17) is 9.84 Å². The minimum atomic E-state index is -1.12. The van der Waals surface area contributed by atoms with Crippen LogP contribution in [0.2, 0.25) is 0 Å². The van der Waals surface area contributed by atoms with E-state index < -0.39 is 5.97 Å². The summed E-state index contributed by atoms with van der Waals surface area (Å²) in [7, 11) is 0. The van der Waals surface area contributed by atoms with Crippen molar-refractivity contribution in [1.29, 1.82) is 0 Å². The van der Waals surface area contributed by atoms with Crippen molar-refractivity contribution in [2.24, 2.45) is 0 Å². The number of aromatic nitrogens is 3. The standard InChI is InChI=1S/C11H17N5O4/c17-10(18)9-7-16(15-14-9)4-3-12-11(19)13-8-1-5-20-6-2-8/h7-8H,1-6H2,(H,17,18)(H2,12,13,19). The van der Waals surface area contributed by atoms with E-state index in [-0.39, 0.29) is 17.8 Å². The first-order valence-electron chi connectivity index (χ1n) is 6.40. The molecule has 1 aromatic rings. The molecule has 0 saturated carbocycles. The number of urea groups is 1. The molecule has 1 aromatic heterocycles. The van der Waals surface area contributed by atoms with Gasteiger partial charge in [0.2, 0.25) is 0 Å². The molecular formula is C11H17N5O4. The maximum absolute atomic E-state index is 11.6. The van der Waals surface area contributed by atoms with Gasteiger partial charge in [0.05, 0.1) is 12.7 Å². The van der Waals surface area contributed by atoms with Crippen molar-refractivity contribution in [3.8, 4) is 0 Å². The summed E-state index contributed by atoms with van der Waals surface area (Å²) >= 11 is 0. The van der Waals surface area contributed by atoms with Crippen LogP contribution in [0.1, 0.15) is 23.3 Å². The Kier molecular flexibility index (Phi) is 4.88. The number of aromatic carboxylic acids is 1. The Morgan fingerprint density at radius 3 is 2.85 bits per heavy atom. The van der Waals surface area contributed by atoms with Crippen LogP contribution in [0.4, 0.5) is 4.79 Å². The molecule has 2 amide bonds. The predicted molar refractivity (Wildman–Crippen MR) is 67.4 cm³/mol. The van der Waals surface area contributed by atoms with Crippen LogP contribution in [-0.4, -0.2) is 57.9 Å². The summed E-state index contributed by atoms with van der Waals surface area (Å²) in [5.74, 6) is -1.12. The summed E-state index contributed by atoms with van der Waals surface area (Å²) in [5, 5.41) is 21.4. The molecule has 20 heavy (non-hydrogen) atoms. The molecular weight excluding hydrogens is 266 g/mol. The number of nitrogens with zero attached hydrogens (tertiary/aromatic N) is 3. The normalized spacial score (nSPS) is 15.8. The van der Waals surface area contributed by atoms with Crippen molar-refractivity contribution >= 4 is 12.0 Å². The molecule has 0 atom stereocenters. The Labute approximate surface area is 115 Å². The molecule has 0 bridgehead atoms. The quantitative estimate of drug-likeness (QED) is 0.667. The lowest BCUT2D eigenvalue weighted by molar-refractivity contribution is 0.0690.